The molecule has 0 bridgehead atoms. The molecule has 0 amide bonds. The van der Waals surface area contributed by atoms with Crippen molar-refractivity contribution in [3.63, 3.8) is 0 Å². The zero-order valence-corrected chi connectivity index (χ0v) is 15.7. The monoisotopic (exact) mass is 446 g/mol. The van der Waals surface area contributed by atoms with Crippen LogP contribution in [0.25, 0.3) is 0 Å². The smallest absolute Gasteiger partial charge is 0.326 e. The number of aliphatic imine (C=N–C) groups is 2. The van der Waals surface area contributed by atoms with Gasteiger partial charge in [-0.25, -0.2) is 14.7 Å². The van der Waals surface area contributed by atoms with E-state index >= 15 is 0 Å². The largest absolute Gasteiger partial charge is 0.435 e. The maximum Gasteiger partial charge on any atom is 0.435 e. The van der Waals surface area contributed by atoms with Gasteiger partial charge in [0.15, 0.2) is 5.69 Å². The molecule has 1 saturated carbocycles. The van der Waals surface area contributed by atoms with Gasteiger partial charge in [-0.2, -0.15) is 31.4 Å². The highest BCUT2D eigenvalue weighted by molar-refractivity contribution is 6.07. The Morgan fingerprint density at radius 3 is 2.42 bits per heavy atom. The third-order valence-electron chi connectivity index (χ3n) is 4.53. The SMILES string of the molecule is NC1(CC2CC2)N=C(Nc2ccnc(C(F)(F)F)c2)NC(n2ccc(C(F)(F)F)n2)=N1. The van der Waals surface area contributed by atoms with Crippen LogP contribution in [0.3, 0.4) is 0 Å². The standard InChI is InChI=1S/C17H16F6N8/c18-16(19,20)11-4-6-31(30-11)14-27-13(28-15(24,29-14)8-9-1-2-9)26-10-3-5-25-12(7-10)17(21,22)23/h3-7,9H,1-2,8,24H2,(H2,25,26,27,28,29). The molecule has 1 fully saturated rings. The van der Waals surface area contributed by atoms with Crippen LogP contribution in [0.2, 0.25) is 0 Å². The van der Waals surface area contributed by atoms with Crippen molar-refractivity contribution in [2.45, 2.75) is 37.4 Å². The second-order valence-corrected chi connectivity index (χ2v) is 7.24. The van der Waals surface area contributed by atoms with Crippen molar-refractivity contribution in [1.29, 1.82) is 0 Å². The average molecular weight is 446 g/mol. The molecule has 2 aliphatic rings. The molecule has 0 aromatic carbocycles. The van der Waals surface area contributed by atoms with Crippen LogP contribution in [0, 0.1) is 5.92 Å². The minimum absolute atomic E-state index is 0.0000396. The van der Waals surface area contributed by atoms with Gasteiger partial charge >= 0.3 is 12.4 Å². The Hall–Kier alpha value is -3.16. The van der Waals surface area contributed by atoms with Crippen molar-refractivity contribution in [2.24, 2.45) is 21.6 Å². The van der Waals surface area contributed by atoms with E-state index in [2.05, 4.69) is 30.7 Å². The maximum atomic E-state index is 12.9. The first-order valence-corrected chi connectivity index (χ1v) is 9.10. The van der Waals surface area contributed by atoms with Crippen molar-refractivity contribution in [1.82, 2.24) is 20.1 Å². The molecule has 14 heteroatoms. The number of guanidine groups is 1. The summed E-state index contributed by atoms with van der Waals surface area (Å²) in [6, 6.07) is 2.81. The first-order valence-electron chi connectivity index (χ1n) is 9.10. The number of pyridine rings is 1. The molecule has 8 nitrogen and oxygen atoms in total. The summed E-state index contributed by atoms with van der Waals surface area (Å²) < 4.78 is 78.3. The highest BCUT2D eigenvalue weighted by Crippen LogP contribution is 2.37. The summed E-state index contributed by atoms with van der Waals surface area (Å²) in [4.78, 5) is 11.7. The third-order valence-corrected chi connectivity index (χ3v) is 4.53. The minimum Gasteiger partial charge on any atom is -0.326 e. The van der Waals surface area contributed by atoms with Gasteiger partial charge in [0.05, 0.1) is 0 Å². The van der Waals surface area contributed by atoms with Crippen LogP contribution in [0.5, 0.6) is 0 Å². The molecular formula is C17H16F6N8. The first kappa shape index (κ1) is 21.1. The Bertz CT molecular complexity index is 1040. The molecule has 1 unspecified atom stereocenters. The molecule has 0 radical (unpaired) electrons. The zero-order valence-electron chi connectivity index (χ0n) is 15.7. The topological polar surface area (TPSA) is 106 Å². The summed E-state index contributed by atoms with van der Waals surface area (Å²) in [5.41, 5.74) is 3.99. The van der Waals surface area contributed by atoms with E-state index in [0.29, 0.717) is 6.42 Å². The summed E-state index contributed by atoms with van der Waals surface area (Å²) in [5.74, 6) is -1.51. The van der Waals surface area contributed by atoms with Gasteiger partial charge in [-0.3, -0.25) is 16.0 Å². The van der Waals surface area contributed by atoms with E-state index in [-0.39, 0.29) is 23.5 Å². The van der Waals surface area contributed by atoms with E-state index < -0.39 is 29.5 Å². The van der Waals surface area contributed by atoms with E-state index in [9.17, 15) is 26.3 Å². The maximum absolute atomic E-state index is 12.9. The number of aromatic nitrogens is 3. The molecule has 0 saturated heterocycles. The number of halogens is 6. The number of hydrogen-bond donors (Lipinski definition) is 3. The first-order chi connectivity index (χ1) is 14.4. The molecule has 1 aliphatic carbocycles. The third kappa shape index (κ3) is 4.95. The summed E-state index contributed by atoms with van der Waals surface area (Å²) in [5, 5.41) is 8.74. The van der Waals surface area contributed by atoms with Crippen LogP contribution in [0.1, 0.15) is 30.7 Å². The lowest BCUT2D eigenvalue weighted by molar-refractivity contribution is -0.142. The Morgan fingerprint density at radius 1 is 1.10 bits per heavy atom. The number of alkyl halides is 6. The molecule has 31 heavy (non-hydrogen) atoms. The second-order valence-electron chi connectivity index (χ2n) is 7.24. The number of rotatable bonds is 3. The lowest BCUT2D eigenvalue weighted by Gasteiger charge is -2.28. The summed E-state index contributed by atoms with van der Waals surface area (Å²) in [6.45, 7) is 0. The van der Waals surface area contributed by atoms with E-state index in [1.807, 2.05) is 0 Å². The van der Waals surface area contributed by atoms with Gasteiger partial charge in [0.25, 0.3) is 0 Å². The van der Waals surface area contributed by atoms with E-state index in [0.717, 1.165) is 42.0 Å². The summed E-state index contributed by atoms with van der Waals surface area (Å²) in [6.07, 6.45) is -5.16. The molecule has 4 rings (SSSR count). The van der Waals surface area contributed by atoms with Crippen molar-refractivity contribution < 1.29 is 26.3 Å². The quantitative estimate of drug-likeness (QED) is 0.629. The van der Waals surface area contributed by atoms with E-state index in [4.69, 9.17) is 5.73 Å². The van der Waals surface area contributed by atoms with Gasteiger partial charge < -0.3 is 5.32 Å². The molecule has 1 aliphatic heterocycles. The average Bonchev–Trinajstić information content (AvgIpc) is 3.29. The van der Waals surface area contributed by atoms with Gasteiger partial charge in [-0.15, -0.1) is 0 Å². The van der Waals surface area contributed by atoms with Crippen molar-refractivity contribution >= 4 is 17.6 Å². The van der Waals surface area contributed by atoms with Gasteiger partial charge in [0.1, 0.15) is 5.69 Å². The van der Waals surface area contributed by atoms with Crippen molar-refractivity contribution in [2.75, 3.05) is 5.32 Å². The zero-order chi connectivity index (χ0) is 22.4. The van der Waals surface area contributed by atoms with Crippen LogP contribution in [0.4, 0.5) is 32.0 Å². The normalized spacial score (nSPS) is 21.9. The predicted octanol–water partition coefficient (Wildman–Crippen LogP) is 3.00. The Kier molecular flexibility index (Phi) is 4.91. The summed E-state index contributed by atoms with van der Waals surface area (Å²) >= 11 is 0. The van der Waals surface area contributed by atoms with Gasteiger partial charge in [-0.05, 0) is 37.0 Å². The highest BCUT2D eigenvalue weighted by atomic mass is 19.4. The molecule has 2 aromatic heterocycles. The molecular weight excluding hydrogens is 430 g/mol. The van der Waals surface area contributed by atoms with E-state index in [1.165, 1.54) is 6.07 Å². The highest BCUT2D eigenvalue weighted by Gasteiger charge is 2.38. The number of nitrogens with one attached hydrogen (secondary N) is 2. The van der Waals surface area contributed by atoms with Crippen molar-refractivity contribution in [3.05, 3.63) is 42.0 Å². The molecule has 166 valence electrons. The fourth-order valence-corrected chi connectivity index (χ4v) is 2.96. The Morgan fingerprint density at radius 2 is 1.81 bits per heavy atom. The minimum atomic E-state index is -4.66. The fourth-order valence-electron chi connectivity index (χ4n) is 2.96. The van der Waals surface area contributed by atoms with Crippen LogP contribution < -0.4 is 16.4 Å². The van der Waals surface area contributed by atoms with Crippen LogP contribution in [-0.4, -0.2) is 32.5 Å². The Balaban J connectivity index is 1.63. The lowest BCUT2D eigenvalue weighted by Crippen LogP contribution is -2.51. The van der Waals surface area contributed by atoms with Gasteiger partial charge in [0, 0.05) is 24.5 Å². The lowest BCUT2D eigenvalue weighted by atomic mass is 10.2. The molecule has 1 atom stereocenters. The molecule has 0 spiro atoms. The number of nitrogens with zero attached hydrogens (tertiary/aromatic N) is 5. The molecule has 2 aromatic rings. The summed E-state index contributed by atoms with van der Waals surface area (Å²) in [7, 11) is 0. The molecule has 4 N–H and O–H groups in total. The van der Waals surface area contributed by atoms with Crippen LogP contribution >= 0.6 is 0 Å². The second kappa shape index (κ2) is 7.21. The van der Waals surface area contributed by atoms with Crippen LogP contribution in [-0.2, 0) is 12.4 Å². The van der Waals surface area contributed by atoms with Gasteiger partial charge in [-0.1, -0.05) is 0 Å². The molecule has 3 heterocycles. The predicted molar refractivity (Wildman–Crippen MR) is 97.8 cm³/mol. The Labute approximate surface area is 171 Å². The number of hydrogen-bond acceptors (Lipinski definition) is 7. The van der Waals surface area contributed by atoms with E-state index in [1.54, 1.807) is 0 Å². The van der Waals surface area contributed by atoms with Crippen LogP contribution in [0.15, 0.2) is 40.6 Å². The number of nitrogens with two attached hydrogens (primary N) is 1. The number of anilines is 1. The van der Waals surface area contributed by atoms with Crippen molar-refractivity contribution in [3.8, 4) is 0 Å². The fraction of sp³-hybridized carbons (Fsp3) is 0.412. The van der Waals surface area contributed by atoms with Gasteiger partial charge in [0.2, 0.25) is 17.7 Å².